The van der Waals surface area contributed by atoms with Crippen LogP contribution in [-0.2, 0) is 4.79 Å². The molecule has 0 atom stereocenters. The standard InChI is InChI=1S/C17H18N2O/c1-14(20)19-17-11-9-16(10-12-17)18-13-5-8-15-6-3-2-4-7-15/h2-12,18H,13H2,1H3,(H,19,20)/b8-5+. The van der Waals surface area contributed by atoms with Crippen molar-refractivity contribution in [2.24, 2.45) is 0 Å². The first-order valence-electron chi connectivity index (χ1n) is 6.57. The monoisotopic (exact) mass is 266 g/mol. The highest BCUT2D eigenvalue weighted by Gasteiger charge is 1.95. The molecule has 2 aromatic rings. The maximum atomic E-state index is 10.9. The Hall–Kier alpha value is -2.55. The zero-order valence-electron chi connectivity index (χ0n) is 11.5. The van der Waals surface area contributed by atoms with Crippen molar-refractivity contribution in [3.8, 4) is 0 Å². The molecule has 20 heavy (non-hydrogen) atoms. The predicted molar refractivity (Wildman–Crippen MR) is 84.7 cm³/mol. The normalized spacial score (nSPS) is 10.4. The molecule has 2 aromatic carbocycles. The van der Waals surface area contributed by atoms with Gasteiger partial charge in [-0.1, -0.05) is 42.5 Å². The zero-order valence-corrected chi connectivity index (χ0v) is 11.5. The van der Waals surface area contributed by atoms with Gasteiger partial charge in [-0.25, -0.2) is 0 Å². The highest BCUT2D eigenvalue weighted by Crippen LogP contribution is 2.13. The van der Waals surface area contributed by atoms with Gasteiger partial charge < -0.3 is 10.6 Å². The number of anilines is 2. The Morgan fingerprint density at radius 3 is 2.30 bits per heavy atom. The first kappa shape index (κ1) is 13.9. The molecule has 3 nitrogen and oxygen atoms in total. The molecule has 0 heterocycles. The fraction of sp³-hybridized carbons (Fsp3) is 0.118. The van der Waals surface area contributed by atoms with Gasteiger partial charge in [-0.05, 0) is 29.8 Å². The third-order valence-corrected chi connectivity index (χ3v) is 2.74. The molecule has 2 N–H and O–H groups in total. The number of carbonyl (C=O) groups excluding carboxylic acids is 1. The molecule has 0 fully saturated rings. The summed E-state index contributed by atoms with van der Waals surface area (Å²) >= 11 is 0. The number of hydrogen-bond acceptors (Lipinski definition) is 2. The Morgan fingerprint density at radius 2 is 1.65 bits per heavy atom. The minimum Gasteiger partial charge on any atom is -0.382 e. The lowest BCUT2D eigenvalue weighted by Gasteiger charge is -2.05. The van der Waals surface area contributed by atoms with Crippen molar-refractivity contribution in [3.05, 3.63) is 66.2 Å². The maximum absolute atomic E-state index is 10.9. The second-order valence-corrected chi connectivity index (χ2v) is 4.45. The lowest BCUT2D eigenvalue weighted by atomic mass is 10.2. The molecule has 0 aliphatic heterocycles. The van der Waals surface area contributed by atoms with E-state index in [9.17, 15) is 4.79 Å². The van der Waals surface area contributed by atoms with Crippen LogP contribution in [0.5, 0.6) is 0 Å². The summed E-state index contributed by atoms with van der Waals surface area (Å²) in [4.78, 5) is 10.9. The number of amides is 1. The van der Waals surface area contributed by atoms with Crippen LogP contribution in [0.3, 0.4) is 0 Å². The molecule has 3 heteroatoms. The Kier molecular flexibility index (Phi) is 4.95. The van der Waals surface area contributed by atoms with Gasteiger partial charge in [0.25, 0.3) is 0 Å². The van der Waals surface area contributed by atoms with E-state index in [0.29, 0.717) is 0 Å². The average Bonchev–Trinajstić information content (AvgIpc) is 2.46. The number of nitrogens with one attached hydrogen (secondary N) is 2. The summed E-state index contributed by atoms with van der Waals surface area (Å²) < 4.78 is 0. The van der Waals surface area contributed by atoms with Crippen LogP contribution >= 0.6 is 0 Å². The van der Waals surface area contributed by atoms with Crippen LogP contribution in [0.4, 0.5) is 11.4 Å². The quantitative estimate of drug-likeness (QED) is 0.865. The summed E-state index contributed by atoms with van der Waals surface area (Å²) in [5.74, 6) is -0.0588. The van der Waals surface area contributed by atoms with Crippen LogP contribution < -0.4 is 10.6 Å². The van der Waals surface area contributed by atoms with Crippen LogP contribution in [0.1, 0.15) is 12.5 Å². The van der Waals surface area contributed by atoms with Gasteiger partial charge in [-0.2, -0.15) is 0 Å². The predicted octanol–water partition coefficient (Wildman–Crippen LogP) is 3.77. The third kappa shape index (κ3) is 4.61. The molecule has 102 valence electrons. The van der Waals surface area contributed by atoms with E-state index >= 15 is 0 Å². The van der Waals surface area contributed by atoms with Gasteiger partial charge in [-0.3, -0.25) is 4.79 Å². The summed E-state index contributed by atoms with van der Waals surface area (Å²) in [5.41, 5.74) is 3.02. The van der Waals surface area contributed by atoms with Gasteiger partial charge in [0.05, 0.1) is 0 Å². The molecular formula is C17H18N2O. The molecule has 1 amide bonds. The van der Waals surface area contributed by atoms with Crippen LogP contribution in [0, 0.1) is 0 Å². The van der Waals surface area contributed by atoms with Crippen molar-refractivity contribution in [2.45, 2.75) is 6.92 Å². The minimum atomic E-state index is -0.0588. The summed E-state index contributed by atoms with van der Waals surface area (Å²) in [6.07, 6.45) is 4.16. The average molecular weight is 266 g/mol. The second-order valence-electron chi connectivity index (χ2n) is 4.45. The number of benzene rings is 2. The molecular weight excluding hydrogens is 248 g/mol. The molecule has 0 aliphatic carbocycles. The smallest absolute Gasteiger partial charge is 0.221 e. The first-order chi connectivity index (χ1) is 9.74. The molecule has 0 aromatic heterocycles. The fourth-order valence-corrected chi connectivity index (χ4v) is 1.81. The van der Waals surface area contributed by atoms with Gasteiger partial charge in [0, 0.05) is 24.8 Å². The molecule has 0 bridgehead atoms. The van der Waals surface area contributed by atoms with Crippen LogP contribution in [0.25, 0.3) is 6.08 Å². The van der Waals surface area contributed by atoms with Crippen molar-refractivity contribution >= 4 is 23.4 Å². The zero-order chi connectivity index (χ0) is 14.2. The lowest BCUT2D eigenvalue weighted by molar-refractivity contribution is -0.114. The Morgan fingerprint density at radius 1 is 1.00 bits per heavy atom. The van der Waals surface area contributed by atoms with E-state index in [0.717, 1.165) is 17.9 Å². The molecule has 2 rings (SSSR count). The summed E-state index contributed by atoms with van der Waals surface area (Å²) in [6, 6.07) is 17.8. The number of rotatable bonds is 5. The van der Waals surface area contributed by atoms with Crippen molar-refractivity contribution in [2.75, 3.05) is 17.2 Å². The van der Waals surface area contributed by atoms with Crippen LogP contribution in [-0.4, -0.2) is 12.5 Å². The first-order valence-corrected chi connectivity index (χ1v) is 6.57. The van der Waals surface area contributed by atoms with E-state index in [1.165, 1.54) is 12.5 Å². The largest absolute Gasteiger partial charge is 0.382 e. The summed E-state index contributed by atoms with van der Waals surface area (Å²) in [6.45, 7) is 2.26. The molecule has 0 spiro atoms. The van der Waals surface area contributed by atoms with Crippen molar-refractivity contribution in [1.82, 2.24) is 0 Å². The van der Waals surface area contributed by atoms with E-state index in [-0.39, 0.29) is 5.91 Å². The van der Waals surface area contributed by atoms with E-state index in [1.807, 2.05) is 42.5 Å². The van der Waals surface area contributed by atoms with E-state index in [4.69, 9.17) is 0 Å². The highest BCUT2D eigenvalue weighted by atomic mass is 16.1. The third-order valence-electron chi connectivity index (χ3n) is 2.74. The summed E-state index contributed by atoms with van der Waals surface area (Å²) in [5, 5.41) is 6.04. The minimum absolute atomic E-state index is 0.0588. The molecule has 0 saturated heterocycles. The van der Waals surface area contributed by atoms with Gasteiger partial charge in [0.15, 0.2) is 0 Å². The fourth-order valence-electron chi connectivity index (χ4n) is 1.81. The van der Waals surface area contributed by atoms with Gasteiger partial charge in [0.1, 0.15) is 0 Å². The SMILES string of the molecule is CC(=O)Nc1ccc(NC/C=C/c2ccccc2)cc1. The van der Waals surface area contributed by atoms with Gasteiger partial charge >= 0.3 is 0 Å². The lowest BCUT2D eigenvalue weighted by Crippen LogP contribution is -2.05. The van der Waals surface area contributed by atoms with E-state index < -0.39 is 0 Å². The van der Waals surface area contributed by atoms with E-state index in [1.54, 1.807) is 0 Å². The molecule has 0 saturated carbocycles. The van der Waals surface area contributed by atoms with Crippen molar-refractivity contribution < 1.29 is 4.79 Å². The van der Waals surface area contributed by atoms with Crippen molar-refractivity contribution in [3.63, 3.8) is 0 Å². The second kappa shape index (κ2) is 7.14. The Balaban J connectivity index is 1.82. The highest BCUT2D eigenvalue weighted by molar-refractivity contribution is 5.88. The molecule has 0 unspecified atom stereocenters. The maximum Gasteiger partial charge on any atom is 0.221 e. The molecule has 0 radical (unpaired) electrons. The van der Waals surface area contributed by atoms with Crippen LogP contribution in [0.2, 0.25) is 0 Å². The van der Waals surface area contributed by atoms with Gasteiger partial charge in [0.2, 0.25) is 5.91 Å². The number of hydrogen-bond donors (Lipinski definition) is 2. The van der Waals surface area contributed by atoms with E-state index in [2.05, 4.69) is 34.9 Å². The van der Waals surface area contributed by atoms with Crippen molar-refractivity contribution in [1.29, 1.82) is 0 Å². The summed E-state index contributed by atoms with van der Waals surface area (Å²) in [7, 11) is 0. The van der Waals surface area contributed by atoms with Gasteiger partial charge in [-0.15, -0.1) is 0 Å². The number of carbonyl (C=O) groups is 1. The Labute approximate surface area is 119 Å². The Bertz CT molecular complexity index is 574. The topological polar surface area (TPSA) is 41.1 Å². The molecule has 0 aliphatic rings. The van der Waals surface area contributed by atoms with Crippen LogP contribution in [0.15, 0.2) is 60.7 Å².